The van der Waals surface area contributed by atoms with E-state index < -0.39 is 0 Å². The summed E-state index contributed by atoms with van der Waals surface area (Å²) >= 11 is 1.47. The molecule has 4 nitrogen and oxygen atoms in total. The van der Waals surface area contributed by atoms with Gasteiger partial charge >= 0.3 is 0 Å². The highest BCUT2D eigenvalue weighted by Gasteiger charge is 2.40. The Morgan fingerprint density at radius 1 is 1.62 bits per heavy atom. The molecule has 16 heavy (non-hydrogen) atoms. The molecule has 5 heteroatoms. The SMILES string of the molecule is NCc1nc(C(=O)N2CC3CCC2C3)cs1. The van der Waals surface area contributed by atoms with Crippen LogP contribution in [-0.4, -0.2) is 28.4 Å². The van der Waals surface area contributed by atoms with E-state index in [9.17, 15) is 4.79 Å². The Morgan fingerprint density at radius 3 is 3.06 bits per heavy atom. The molecule has 3 rings (SSSR count). The number of aromatic nitrogens is 1. The van der Waals surface area contributed by atoms with Crippen molar-refractivity contribution in [2.24, 2.45) is 11.7 Å². The van der Waals surface area contributed by atoms with E-state index in [1.165, 1.54) is 30.6 Å². The Bertz CT molecular complexity index is 417. The van der Waals surface area contributed by atoms with Crippen molar-refractivity contribution in [3.05, 3.63) is 16.1 Å². The van der Waals surface area contributed by atoms with Gasteiger partial charge in [0.1, 0.15) is 10.7 Å². The fourth-order valence-corrected chi connectivity index (χ4v) is 3.47. The topological polar surface area (TPSA) is 59.2 Å². The van der Waals surface area contributed by atoms with Crippen LogP contribution in [0, 0.1) is 5.92 Å². The third-order valence-corrected chi connectivity index (χ3v) is 4.49. The zero-order valence-corrected chi connectivity index (χ0v) is 9.87. The quantitative estimate of drug-likeness (QED) is 0.841. The largest absolute Gasteiger partial charge is 0.334 e. The molecule has 0 radical (unpaired) electrons. The van der Waals surface area contributed by atoms with E-state index in [-0.39, 0.29) is 5.91 Å². The number of likely N-dealkylation sites (tertiary alicyclic amines) is 1. The first kappa shape index (κ1) is 10.2. The molecule has 2 N–H and O–H groups in total. The van der Waals surface area contributed by atoms with Crippen molar-refractivity contribution in [3.8, 4) is 0 Å². The minimum Gasteiger partial charge on any atom is -0.334 e. The fraction of sp³-hybridized carbons (Fsp3) is 0.636. The molecule has 1 aliphatic heterocycles. The van der Waals surface area contributed by atoms with Gasteiger partial charge in [-0.3, -0.25) is 4.79 Å². The fourth-order valence-electron chi connectivity index (χ4n) is 2.82. The number of nitrogens with two attached hydrogens (primary N) is 1. The van der Waals surface area contributed by atoms with Gasteiger partial charge in [-0.15, -0.1) is 11.3 Å². The van der Waals surface area contributed by atoms with Gasteiger partial charge in [0.15, 0.2) is 0 Å². The zero-order chi connectivity index (χ0) is 11.1. The third-order valence-electron chi connectivity index (χ3n) is 3.62. The third kappa shape index (κ3) is 1.55. The number of piperidine rings is 1. The number of nitrogens with zero attached hydrogens (tertiary/aromatic N) is 2. The first-order valence-electron chi connectivity index (χ1n) is 5.73. The van der Waals surface area contributed by atoms with Crippen molar-refractivity contribution in [1.29, 1.82) is 0 Å². The van der Waals surface area contributed by atoms with E-state index in [4.69, 9.17) is 5.73 Å². The average molecular weight is 237 g/mol. The smallest absolute Gasteiger partial charge is 0.273 e. The summed E-state index contributed by atoms with van der Waals surface area (Å²) in [5.74, 6) is 0.838. The molecule has 0 aromatic carbocycles. The summed E-state index contributed by atoms with van der Waals surface area (Å²) in [6, 6.07) is 0.473. The van der Waals surface area contributed by atoms with Gasteiger partial charge in [0.25, 0.3) is 5.91 Å². The summed E-state index contributed by atoms with van der Waals surface area (Å²) in [5.41, 5.74) is 6.08. The molecule has 1 saturated carbocycles. The summed E-state index contributed by atoms with van der Waals surface area (Å²) < 4.78 is 0. The second kappa shape index (κ2) is 3.82. The molecule has 2 atom stereocenters. The van der Waals surface area contributed by atoms with E-state index in [1.54, 1.807) is 0 Å². The van der Waals surface area contributed by atoms with Crippen LogP contribution in [0.1, 0.15) is 34.8 Å². The van der Waals surface area contributed by atoms with Crippen molar-refractivity contribution < 1.29 is 4.79 Å². The Balaban J connectivity index is 1.77. The lowest BCUT2D eigenvalue weighted by molar-refractivity contribution is 0.0698. The molecule has 2 heterocycles. The summed E-state index contributed by atoms with van der Waals surface area (Å²) in [6.45, 7) is 1.35. The predicted octanol–water partition coefficient (Wildman–Crippen LogP) is 1.23. The number of rotatable bonds is 2. The minimum atomic E-state index is 0.100. The van der Waals surface area contributed by atoms with Gasteiger partial charge < -0.3 is 10.6 Å². The molecule has 0 spiro atoms. The molecule has 2 fully saturated rings. The van der Waals surface area contributed by atoms with Gasteiger partial charge in [0.2, 0.25) is 0 Å². The van der Waals surface area contributed by atoms with Crippen LogP contribution in [0.4, 0.5) is 0 Å². The predicted molar refractivity (Wildman–Crippen MR) is 62.2 cm³/mol. The maximum atomic E-state index is 12.2. The molecule has 2 unspecified atom stereocenters. The van der Waals surface area contributed by atoms with Crippen molar-refractivity contribution in [3.63, 3.8) is 0 Å². The molecule has 1 aromatic heterocycles. The van der Waals surface area contributed by atoms with Crippen LogP contribution in [-0.2, 0) is 6.54 Å². The van der Waals surface area contributed by atoms with Crippen molar-refractivity contribution in [1.82, 2.24) is 9.88 Å². The molecule has 2 bridgehead atoms. The molecule has 1 aliphatic carbocycles. The van der Waals surface area contributed by atoms with Crippen LogP contribution in [0.2, 0.25) is 0 Å². The normalized spacial score (nSPS) is 27.7. The number of hydrogen-bond donors (Lipinski definition) is 1. The lowest BCUT2D eigenvalue weighted by atomic mass is 10.1. The number of fused-ring (bicyclic) bond motifs is 2. The Kier molecular flexibility index (Phi) is 2.44. The van der Waals surface area contributed by atoms with Crippen LogP contribution in [0.25, 0.3) is 0 Å². The van der Waals surface area contributed by atoms with Gasteiger partial charge in [0.05, 0.1) is 0 Å². The highest BCUT2D eigenvalue weighted by molar-refractivity contribution is 7.09. The summed E-state index contributed by atoms with van der Waals surface area (Å²) in [7, 11) is 0. The highest BCUT2D eigenvalue weighted by Crippen LogP contribution is 2.38. The Hall–Kier alpha value is -0.940. The zero-order valence-electron chi connectivity index (χ0n) is 9.06. The van der Waals surface area contributed by atoms with Crippen LogP contribution >= 0.6 is 11.3 Å². The lowest BCUT2D eigenvalue weighted by Crippen LogP contribution is -2.37. The number of hydrogen-bond acceptors (Lipinski definition) is 4. The summed E-state index contributed by atoms with van der Waals surface area (Å²) in [5, 5.41) is 2.67. The molecular weight excluding hydrogens is 222 g/mol. The van der Waals surface area contributed by atoms with Gasteiger partial charge in [-0.25, -0.2) is 4.98 Å². The van der Waals surface area contributed by atoms with Crippen molar-refractivity contribution in [2.45, 2.75) is 31.8 Å². The van der Waals surface area contributed by atoms with Gasteiger partial charge in [0, 0.05) is 24.5 Å². The second-order valence-electron chi connectivity index (χ2n) is 4.62. The monoisotopic (exact) mass is 237 g/mol. The summed E-state index contributed by atoms with van der Waals surface area (Å²) in [6.07, 6.45) is 3.66. The van der Waals surface area contributed by atoms with Crippen LogP contribution in [0.5, 0.6) is 0 Å². The number of amides is 1. The molecular formula is C11H15N3OS. The second-order valence-corrected chi connectivity index (χ2v) is 5.56. The van der Waals surface area contributed by atoms with Gasteiger partial charge in [-0.05, 0) is 25.2 Å². The van der Waals surface area contributed by atoms with Crippen LogP contribution in [0.15, 0.2) is 5.38 Å². The van der Waals surface area contributed by atoms with E-state index in [2.05, 4.69) is 4.98 Å². The summed E-state index contributed by atoms with van der Waals surface area (Å²) in [4.78, 5) is 18.5. The van der Waals surface area contributed by atoms with E-state index in [1.807, 2.05) is 10.3 Å². The van der Waals surface area contributed by atoms with E-state index >= 15 is 0 Å². The van der Waals surface area contributed by atoms with Crippen LogP contribution in [0.3, 0.4) is 0 Å². The van der Waals surface area contributed by atoms with Crippen LogP contribution < -0.4 is 5.73 Å². The Morgan fingerprint density at radius 2 is 2.50 bits per heavy atom. The number of carbonyl (C=O) groups is 1. The van der Waals surface area contributed by atoms with Crippen molar-refractivity contribution in [2.75, 3.05) is 6.54 Å². The van der Waals surface area contributed by atoms with E-state index in [0.29, 0.717) is 18.3 Å². The Labute approximate surface area is 98.5 Å². The first-order valence-corrected chi connectivity index (χ1v) is 6.61. The minimum absolute atomic E-state index is 0.100. The molecule has 1 aromatic rings. The molecule has 86 valence electrons. The van der Waals surface area contributed by atoms with Gasteiger partial charge in [-0.2, -0.15) is 0 Å². The standard InChI is InChI=1S/C11H15N3OS/c12-4-10-13-9(6-16-10)11(15)14-5-7-1-2-8(14)3-7/h6-8H,1-5,12H2. The lowest BCUT2D eigenvalue weighted by Gasteiger charge is -2.26. The van der Waals surface area contributed by atoms with Crippen molar-refractivity contribution >= 4 is 17.2 Å². The molecule has 1 saturated heterocycles. The number of carbonyl (C=O) groups excluding carboxylic acids is 1. The number of thiazole rings is 1. The maximum absolute atomic E-state index is 12.2. The van der Waals surface area contributed by atoms with E-state index in [0.717, 1.165) is 17.5 Å². The average Bonchev–Trinajstić information content (AvgIpc) is 3.03. The first-order chi connectivity index (χ1) is 7.78. The maximum Gasteiger partial charge on any atom is 0.273 e. The molecule has 1 amide bonds. The highest BCUT2D eigenvalue weighted by atomic mass is 32.1. The van der Waals surface area contributed by atoms with Gasteiger partial charge in [-0.1, -0.05) is 0 Å². The molecule has 2 aliphatic rings.